The normalized spacial score (nSPS) is 11.6. The molecule has 1 rings (SSSR count). The van der Waals surface area contributed by atoms with Crippen molar-refractivity contribution in [2.24, 2.45) is 11.1 Å². The molecule has 0 bridgehead atoms. The van der Waals surface area contributed by atoms with Crippen LogP contribution in [-0.4, -0.2) is 31.4 Å². The van der Waals surface area contributed by atoms with Crippen molar-refractivity contribution in [3.05, 3.63) is 29.8 Å². The molecule has 1 aromatic rings. The zero-order valence-electron chi connectivity index (χ0n) is 12.4. The van der Waals surface area contributed by atoms with Crippen LogP contribution >= 0.6 is 0 Å². The van der Waals surface area contributed by atoms with Gasteiger partial charge in [-0.05, 0) is 26.1 Å². The number of nitrogens with zero attached hydrogens (tertiary/aromatic N) is 1. The molecule has 0 saturated heterocycles. The summed E-state index contributed by atoms with van der Waals surface area (Å²) in [6, 6.07) is 8.04. The molecule has 0 aliphatic rings. The molecule has 0 aliphatic carbocycles. The number of para-hydroxylation sites is 1. The summed E-state index contributed by atoms with van der Waals surface area (Å²) >= 11 is 0. The minimum Gasteiger partial charge on any atom is -0.496 e. The highest BCUT2D eigenvalue weighted by Gasteiger charge is 2.21. The van der Waals surface area contributed by atoms with Gasteiger partial charge in [0.2, 0.25) is 0 Å². The number of nitrogens with two attached hydrogens (primary N) is 1. The third-order valence-electron chi connectivity index (χ3n) is 3.48. The highest BCUT2D eigenvalue weighted by atomic mass is 16.5. The van der Waals surface area contributed by atoms with E-state index in [9.17, 15) is 0 Å². The summed E-state index contributed by atoms with van der Waals surface area (Å²) in [5.41, 5.74) is 6.53. The van der Waals surface area contributed by atoms with Crippen LogP contribution in [0.1, 0.15) is 25.8 Å². The van der Waals surface area contributed by atoms with Gasteiger partial charge in [0.05, 0.1) is 12.9 Å². The molecule has 4 heteroatoms. The summed E-state index contributed by atoms with van der Waals surface area (Å²) < 4.78 is 5.35. The Bertz CT molecular complexity index is 429. The van der Waals surface area contributed by atoms with E-state index in [1.54, 1.807) is 7.11 Å². The molecule has 19 heavy (non-hydrogen) atoms. The second-order valence-corrected chi connectivity index (χ2v) is 5.60. The number of rotatable bonds is 7. The van der Waals surface area contributed by atoms with Crippen molar-refractivity contribution in [2.75, 3.05) is 20.7 Å². The van der Waals surface area contributed by atoms with Crippen LogP contribution in [0.25, 0.3) is 0 Å². The van der Waals surface area contributed by atoms with Crippen molar-refractivity contribution in [3.8, 4) is 5.75 Å². The fourth-order valence-corrected chi connectivity index (χ4v) is 1.81. The van der Waals surface area contributed by atoms with Gasteiger partial charge in [-0.2, -0.15) is 0 Å². The number of amidine groups is 1. The van der Waals surface area contributed by atoms with E-state index in [0.717, 1.165) is 25.3 Å². The van der Waals surface area contributed by atoms with Crippen LogP contribution in [0, 0.1) is 10.8 Å². The molecule has 0 heterocycles. The monoisotopic (exact) mass is 263 g/mol. The topological polar surface area (TPSA) is 62.3 Å². The molecule has 0 amide bonds. The predicted molar refractivity (Wildman–Crippen MR) is 79.6 cm³/mol. The van der Waals surface area contributed by atoms with Crippen molar-refractivity contribution in [1.29, 1.82) is 5.41 Å². The van der Waals surface area contributed by atoms with E-state index < -0.39 is 0 Å². The Morgan fingerprint density at radius 1 is 1.37 bits per heavy atom. The van der Waals surface area contributed by atoms with Gasteiger partial charge in [0.25, 0.3) is 0 Å². The number of methoxy groups -OCH3 is 1. The van der Waals surface area contributed by atoms with Gasteiger partial charge in [0.15, 0.2) is 0 Å². The summed E-state index contributed by atoms with van der Waals surface area (Å²) in [7, 11) is 3.76. The lowest BCUT2D eigenvalue weighted by molar-refractivity contribution is 0.279. The third kappa shape index (κ3) is 4.56. The molecule has 0 aromatic heterocycles. The van der Waals surface area contributed by atoms with Gasteiger partial charge in [-0.25, -0.2) is 0 Å². The van der Waals surface area contributed by atoms with Gasteiger partial charge >= 0.3 is 0 Å². The van der Waals surface area contributed by atoms with E-state index in [-0.39, 0.29) is 11.3 Å². The second-order valence-electron chi connectivity index (χ2n) is 5.60. The van der Waals surface area contributed by atoms with E-state index >= 15 is 0 Å². The Hall–Kier alpha value is -1.55. The van der Waals surface area contributed by atoms with Crippen LogP contribution in [0.15, 0.2) is 24.3 Å². The van der Waals surface area contributed by atoms with Gasteiger partial charge in [0.1, 0.15) is 5.75 Å². The molecule has 0 radical (unpaired) electrons. The first-order valence-corrected chi connectivity index (χ1v) is 6.52. The highest BCUT2D eigenvalue weighted by molar-refractivity contribution is 5.82. The van der Waals surface area contributed by atoms with Crippen LogP contribution in [-0.2, 0) is 6.54 Å². The number of hydrogen-bond acceptors (Lipinski definition) is 3. The van der Waals surface area contributed by atoms with E-state index in [1.807, 2.05) is 32.0 Å². The van der Waals surface area contributed by atoms with Crippen LogP contribution in [0.4, 0.5) is 0 Å². The quantitative estimate of drug-likeness (QED) is 0.587. The number of benzene rings is 1. The lowest BCUT2D eigenvalue weighted by atomic mass is 9.88. The van der Waals surface area contributed by atoms with Crippen molar-refractivity contribution in [2.45, 2.75) is 26.8 Å². The standard InChI is InChI=1S/C15H25N3O/c1-15(2,14(16)17)9-10-18(3)11-12-7-5-6-8-13(12)19-4/h5-8H,9-11H2,1-4H3,(H3,16,17). The Morgan fingerprint density at radius 2 is 2.00 bits per heavy atom. The minimum atomic E-state index is -0.241. The average Bonchev–Trinajstić information content (AvgIpc) is 2.37. The number of ether oxygens (including phenoxy) is 1. The Morgan fingerprint density at radius 3 is 2.58 bits per heavy atom. The van der Waals surface area contributed by atoms with Crippen LogP contribution in [0.5, 0.6) is 5.75 Å². The second kappa shape index (κ2) is 6.57. The molecule has 0 unspecified atom stereocenters. The third-order valence-corrected chi connectivity index (χ3v) is 3.48. The van der Waals surface area contributed by atoms with Crippen molar-refractivity contribution < 1.29 is 4.74 Å². The van der Waals surface area contributed by atoms with Crippen molar-refractivity contribution in [1.82, 2.24) is 4.90 Å². The van der Waals surface area contributed by atoms with Gasteiger partial charge < -0.3 is 15.4 Å². The van der Waals surface area contributed by atoms with E-state index in [4.69, 9.17) is 15.9 Å². The summed E-state index contributed by atoms with van der Waals surface area (Å²) in [5.74, 6) is 1.17. The summed E-state index contributed by atoms with van der Waals surface area (Å²) in [5, 5.41) is 7.57. The largest absolute Gasteiger partial charge is 0.496 e. The van der Waals surface area contributed by atoms with Crippen LogP contribution < -0.4 is 10.5 Å². The molecule has 0 aliphatic heterocycles. The minimum absolute atomic E-state index is 0.241. The summed E-state index contributed by atoms with van der Waals surface area (Å²) in [6.45, 7) is 5.74. The first-order valence-electron chi connectivity index (χ1n) is 6.52. The van der Waals surface area contributed by atoms with Gasteiger partial charge in [-0.3, -0.25) is 5.41 Å². The molecule has 4 nitrogen and oxygen atoms in total. The maximum atomic E-state index is 7.57. The summed E-state index contributed by atoms with van der Waals surface area (Å²) in [6.07, 6.45) is 0.869. The van der Waals surface area contributed by atoms with Gasteiger partial charge in [-0.15, -0.1) is 0 Å². The van der Waals surface area contributed by atoms with Crippen molar-refractivity contribution >= 4 is 5.84 Å². The lowest BCUT2D eigenvalue weighted by Gasteiger charge is -2.26. The molecule has 0 atom stereocenters. The molecule has 0 fully saturated rings. The first kappa shape index (κ1) is 15.5. The van der Waals surface area contributed by atoms with Gasteiger partial charge in [-0.1, -0.05) is 32.0 Å². The highest BCUT2D eigenvalue weighted by Crippen LogP contribution is 2.22. The first-order chi connectivity index (χ1) is 8.86. The van der Waals surface area contributed by atoms with Crippen LogP contribution in [0.2, 0.25) is 0 Å². The van der Waals surface area contributed by atoms with E-state index in [2.05, 4.69) is 18.0 Å². The van der Waals surface area contributed by atoms with Crippen LogP contribution in [0.3, 0.4) is 0 Å². The molecule has 1 aromatic carbocycles. The fourth-order valence-electron chi connectivity index (χ4n) is 1.81. The zero-order valence-corrected chi connectivity index (χ0v) is 12.4. The maximum Gasteiger partial charge on any atom is 0.123 e. The maximum absolute atomic E-state index is 7.57. The zero-order chi connectivity index (χ0) is 14.5. The van der Waals surface area contributed by atoms with Crippen molar-refractivity contribution in [3.63, 3.8) is 0 Å². The molecule has 0 saturated carbocycles. The molecule has 3 N–H and O–H groups in total. The summed E-state index contributed by atoms with van der Waals surface area (Å²) in [4.78, 5) is 2.22. The fraction of sp³-hybridized carbons (Fsp3) is 0.533. The Kier molecular flexibility index (Phi) is 5.36. The van der Waals surface area contributed by atoms with Gasteiger partial charge in [0, 0.05) is 17.5 Å². The van der Waals surface area contributed by atoms with E-state index in [0.29, 0.717) is 0 Å². The molecule has 106 valence electrons. The molecular formula is C15H25N3O. The number of hydrogen-bond donors (Lipinski definition) is 2. The van der Waals surface area contributed by atoms with E-state index in [1.165, 1.54) is 5.56 Å². The Labute approximate surface area is 116 Å². The molecular weight excluding hydrogens is 238 g/mol. The number of nitrogens with one attached hydrogen (secondary N) is 1. The molecule has 0 spiro atoms. The SMILES string of the molecule is COc1ccccc1CN(C)CCC(C)(C)C(=N)N. The smallest absolute Gasteiger partial charge is 0.123 e. The lowest BCUT2D eigenvalue weighted by Crippen LogP contribution is -2.34. The predicted octanol–water partition coefficient (Wildman–Crippen LogP) is 2.48. The average molecular weight is 263 g/mol. The Balaban J connectivity index is 2.56.